The van der Waals surface area contributed by atoms with E-state index in [2.05, 4.69) is 4.74 Å². The topological polar surface area (TPSA) is 66.8 Å². The third-order valence-electron chi connectivity index (χ3n) is 6.21. The maximum atomic E-state index is 12.9. The zero-order valence-corrected chi connectivity index (χ0v) is 20.8. The molecule has 2 heterocycles. The van der Waals surface area contributed by atoms with Crippen LogP contribution in [0.25, 0.3) is 10.9 Å². The quantitative estimate of drug-likeness (QED) is 0.190. The summed E-state index contributed by atoms with van der Waals surface area (Å²) in [5.74, 6) is -0.132. The van der Waals surface area contributed by atoms with E-state index < -0.39 is 18.4 Å². The molecule has 6 nitrogen and oxygen atoms in total. The number of ketones is 1. The van der Waals surface area contributed by atoms with Crippen LogP contribution in [0.4, 0.5) is 13.2 Å². The summed E-state index contributed by atoms with van der Waals surface area (Å²) in [5.41, 5.74) is 2.80. The molecular weight excluding hydrogens is 523 g/mol. The number of cyclic esters (lactones) is 1. The zero-order chi connectivity index (χ0) is 27.0. The molecule has 10 heteroatoms. The monoisotopic (exact) mass is 543 g/mol. The van der Waals surface area contributed by atoms with E-state index in [1.54, 1.807) is 24.3 Å². The van der Waals surface area contributed by atoms with Crippen LogP contribution in [-0.2, 0) is 27.3 Å². The summed E-state index contributed by atoms with van der Waals surface area (Å²) in [7, 11) is 0. The van der Waals surface area contributed by atoms with Gasteiger partial charge in [0.1, 0.15) is 17.9 Å². The number of Topliss-reactive ketones (excluding diaryl/α,β-unsaturated/α-hetero) is 1. The van der Waals surface area contributed by atoms with E-state index in [9.17, 15) is 22.8 Å². The zero-order valence-electron chi connectivity index (χ0n) is 20.0. The molecule has 1 aromatic heterocycles. The number of halogens is 4. The molecule has 1 aliphatic rings. The van der Waals surface area contributed by atoms with Gasteiger partial charge in [-0.05, 0) is 54.4 Å². The number of nitrogens with zero attached hydrogens (tertiary/aromatic N) is 1. The van der Waals surface area contributed by atoms with E-state index in [0.29, 0.717) is 39.7 Å². The van der Waals surface area contributed by atoms with Gasteiger partial charge in [0.2, 0.25) is 0 Å². The first-order valence-corrected chi connectivity index (χ1v) is 12.1. The molecule has 0 radical (unpaired) electrons. The molecular formula is C28H21ClF3NO5. The summed E-state index contributed by atoms with van der Waals surface area (Å²) in [6, 6.07) is 18.2. The Balaban J connectivity index is 1.51. The second-order valence-electron chi connectivity index (χ2n) is 8.93. The first-order chi connectivity index (χ1) is 18.1. The smallest absolute Gasteiger partial charge is 0.455 e. The molecule has 0 bridgehead atoms. The fraction of sp³-hybridized carbons (Fsp3) is 0.214. The van der Waals surface area contributed by atoms with E-state index in [-0.39, 0.29) is 24.4 Å². The number of esters is 1. The first-order valence-electron chi connectivity index (χ1n) is 11.7. The molecule has 3 aromatic carbocycles. The molecule has 0 spiro atoms. The van der Waals surface area contributed by atoms with E-state index in [1.165, 1.54) is 18.2 Å². The minimum Gasteiger partial charge on any atom is -0.455 e. The average Bonchev–Trinajstić information content (AvgIpc) is 3.29. The number of hydrogen-bond acceptors (Lipinski definition) is 5. The van der Waals surface area contributed by atoms with Gasteiger partial charge in [-0.2, -0.15) is 0 Å². The van der Waals surface area contributed by atoms with Crippen LogP contribution in [0, 0.1) is 6.92 Å². The second kappa shape index (κ2) is 10.1. The van der Waals surface area contributed by atoms with Crippen molar-refractivity contribution in [1.82, 2.24) is 4.57 Å². The molecule has 1 unspecified atom stereocenters. The second-order valence-corrected chi connectivity index (χ2v) is 9.37. The highest BCUT2D eigenvalue weighted by Gasteiger charge is 2.33. The molecule has 0 aliphatic carbocycles. The van der Waals surface area contributed by atoms with Gasteiger partial charge in [0.05, 0.1) is 11.2 Å². The summed E-state index contributed by atoms with van der Waals surface area (Å²) in [4.78, 5) is 23.4. The molecule has 1 fully saturated rings. The fourth-order valence-electron chi connectivity index (χ4n) is 4.50. The number of alkyl halides is 3. The molecule has 0 saturated carbocycles. The van der Waals surface area contributed by atoms with E-state index >= 15 is 0 Å². The van der Waals surface area contributed by atoms with Crippen molar-refractivity contribution in [1.29, 1.82) is 0 Å². The van der Waals surface area contributed by atoms with Gasteiger partial charge in [-0.25, -0.2) is 0 Å². The Morgan fingerprint density at radius 2 is 1.71 bits per heavy atom. The molecule has 38 heavy (non-hydrogen) atoms. The van der Waals surface area contributed by atoms with Crippen molar-refractivity contribution in [3.63, 3.8) is 0 Å². The summed E-state index contributed by atoms with van der Waals surface area (Å²) >= 11 is 5.98. The van der Waals surface area contributed by atoms with Crippen molar-refractivity contribution in [2.45, 2.75) is 38.8 Å². The van der Waals surface area contributed by atoms with Gasteiger partial charge in [0.25, 0.3) is 0 Å². The minimum atomic E-state index is -4.84. The maximum Gasteiger partial charge on any atom is 0.573 e. The Bertz CT molecular complexity index is 1530. The van der Waals surface area contributed by atoms with Crippen LogP contribution in [0.3, 0.4) is 0 Å². The van der Waals surface area contributed by atoms with Crippen molar-refractivity contribution in [3.8, 4) is 17.2 Å². The molecule has 1 atom stereocenters. The standard InChI is InChI=1S/C28H21ClF3NO5/c1-16-27(36-20-7-5-19(29)6-8-20)22-10-9-21(38-28(30,31)32)13-23(22)33(16)15-18-4-2-3-17(11-18)12-25-24(34)14-26(35)37-25/h2-11,13,25H,12,14-15H2,1H3. The fourth-order valence-corrected chi connectivity index (χ4v) is 4.63. The number of carbonyl (C=O) groups excluding carboxylic acids is 2. The molecule has 1 saturated heterocycles. The number of aromatic nitrogens is 1. The summed E-state index contributed by atoms with van der Waals surface area (Å²) in [6.45, 7) is 2.12. The van der Waals surface area contributed by atoms with E-state index in [4.69, 9.17) is 21.1 Å². The van der Waals surface area contributed by atoms with Crippen molar-refractivity contribution in [2.75, 3.05) is 0 Å². The summed E-state index contributed by atoms with van der Waals surface area (Å²) in [5, 5.41) is 1.14. The molecule has 0 amide bonds. The molecule has 1 aliphatic heterocycles. The largest absolute Gasteiger partial charge is 0.573 e. The number of benzene rings is 3. The van der Waals surface area contributed by atoms with Crippen LogP contribution >= 0.6 is 11.6 Å². The lowest BCUT2D eigenvalue weighted by Gasteiger charge is -2.13. The summed E-state index contributed by atoms with van der Waals surface area (Å²) < 4.78 is 56.1. The van der Waals surface area contributed by atoms with E-state index in [0.717, 1.165) is 11.1 Å². The number of rotatable bonds is 7. The first kappa shape index (κ1) is 25.7. The van der Waals surface area contributed by atoms with Crippen molar-refractivity contribution in [3.05, 3.63) is 88.6 Å². The van der Waals surface area contributed by atoms with Crippen LogP contribution in [0.15, 0.2) is 66.7 Å². The molecule has 4 aromatic rings. The van der Waals surface area contributed by atoms with Crippen LogP contribution in [0.2, 0.25) is 5.02 Å². The normalized spacial score (nSPS) is 15.7. The van der Waals surface area contributed by atoms with Crippen LogP contribution in [0.5, 0.6) is 17.2 Å². The van der Waals surface area contributed by atoms with Gasteiger partial charge in [0.15, 0.2) is 17.6 Å². The SMILES string of the molecule is Cc1c(Oc2ccc(Cl)cc2)c2ccc(OC(F)(F)F)cc2n1Cc1cccc(CC2OC(=O)CC2=O)c1. The van der Waals surface area contributed by atoms with E-state index in [1.807, 2.05) is 35.8 Å². The maximum absolute atomic E-state index is 12.9. The Hall–Kier alpha value is -3.98. The van der Waals surface area contributed by atoms with Crippen molar-refractivity contribution < 1.29 is 37.0 Å². The van der Waals surface area contributed by atoms with Crippen LogP contribution < -0.4 is 9.47 Å². The summed E-state index contributed by atoms with van der Waals surface area (Å²) in [6.07, 6.45) is -5.62. The minimum absolute atomic E-state index is 0.225. The van der Waals surface area contributed by atoms with Gasteiger partial charge in [-0.15, -0.1) is 13.2 Å². The lowest BCUT2D eigenvalue weighted by atomic mass is 10.0. The Morgan fingerprint density at radius 1 is 1.00 bits per heavy atom. The van der Waals surface area contributed by atoms with Gasteiger partial charge in [-0.3, -0.25) is 9.59 Å². The highest BCUT2D eigenvalue weighted by molar-refractivity contribution is 6.30. The Kier molecular flexibility index (Phi) is 6.79. The van der Waals surface area contributed by atoms with Gasteiger partial charge < -0.3 is 18.8 Å². The molecule has 0 N–H and O–H groups in total. The predicted molar refractivity (Wildman–Crippen MR) is 134 cm³/mol. The Morgan fingerprint density at radius 3 is 2.39 bits per heavy atom. The highest BCUT2D eigenvalue weighted by atomic mass is 35.5. The van der Waals surface area contributed by atoms with Crippen molar-refractivity contribution >= 4 is 34.3 Å². The third kappa shape index (κ3) is 5.62. The average molecular weight is 544 g/mol. The van der Waals surface area contributed by atoms with Crippen molar-refractivity contribution in [2.24, 2.45) is 0 Å². The predicted octanol–water partition coefficient (Wildman–Crippen LogP) is 6.77. The van der Waals surface area contributed by atoms with Crippen LogP contribution in [0.1, 0.15) is 23.2 Å². The number of carbonyl (C=O) groups is 2. The van der Waals surface area contributed by atoms with Gasteiger partial charge >= 0.3 is 12.3 Å². The number of hydrogen-bond donors (Lipinski definition) is 0. The lowest BCUT2D eigenvalue weighted by Crippen LogP contribution is -2.18. The Labute approximate surface area is 220 Å². The van der Waals surface area contributed by atoms with Crippen LogP contribution in [-0.4, -0.2) is 28.8 Å². The number of fused-ring (bicyclic) bond motifs is 1. The molecule has 196 valence electrons. The van der Waals surface area contributed by atoms with Gasteiger partial charge in [0, 0.05) is 29.4 Å². The molecule has 5 rings (SSSR count). The lowest BCUT2D eigenvalue weighted by molar-refractivity contribution is -0.274. The highest BCUT2D eigenvalue weighted by Crippen LogP contribution is 2.39. The number of ether oxygens (including phenoxy) is 3. The van der Waals surface area contributed by atoms with Gasteiger partial charge in [-0.1, -0.05) is 35.9 Å². The third-order valence-corrected chi connectivity index (χ3v) is 6.46.